The quantitative estimate of drug-likeness (QED) is 0.847. The van der Waals surface area contributed by atoms with Crippen LogP contribution in [0, 0.1) is 0 Å². The van der Waals surface area contributed by atoms with Gasteiger partial charge in [0.05, 0.1) is 26.5 Å². The molecule has 2 aromatic rings. The van der Waals surface area contributed by atoms with E-state index in [9.17, 15) is 0 Å². The zero-order chi connectivity index (χ0) is 13.9. The summed E-state index contributed by atoms with van der Waals surface area (Å²) >= 11 is 0. The van der Waals surface area contributed by atoms with Crippen LogP contribution < -0.4 is 4.74 Å². The van der Waals surface area contributed by atoms with Gasteiger partial charge in [0.25, 0.3) is 0 Å². The average molecular weight is 275 g/mol. The van der Waals surface area contributed by atoms with Crippen LogP contribution in [0.3, 0.4) is 0 Å². The largest absolute Gasteiger partial charge is 0.496 e. The smallest absolute Gasteiger partial charge is 0.128 e. The summed E-state index contributed by atoms with van der Waals surface area (Å²) in [6, 6.07) is 7.82. The summed E-state index contributed by atoms with van der Waals surface area (Å²) < 4.78 is 18.0. The second-order valence-corrected chi connectivity index (χ2v) is 4.66. The van der Waals surface area contributed by atoms with E-state index >= 15 is 0 Å². The zero-order valence-corrected chi connectivity index (χ0v) is 11.5. The van der Waals surface area contributed by atoms with E-state index in [4.69, 9.17) is 14.2 Å². The van der Waals surface area contributed by atoms with Crippen molar-refractivity contribution in [2.75, 3.05) is 27.4 Å². The van der Waals surface area contributed by atoms with E-state index in [0.29, 0.717) is 13.2 Å². The molecule has 0 bridgehead atoms. The highest BCUT2D eigenvalue weighted by Crippen LogP contribution is 2.29. The molecular weight excluding hydrogens is 258 g/mol. The van der Waals surface area contributed by atoms with E-state index in [1.165, 1.54) is 0 Å². The lowest BCUT2D eigenvalue weighted by Gasteiger charge is -2.15. The molecule has 1 saturated heterocycles. The summed E-state index contributed by atoms with van der Waals surface area (Å²) in [5.74, 6) is 0.783. The molecule has 1 aromatic heterocycles. The van der Waals surface area contributed by atoms with E-state index in [0.717, 1.165) is 17.0 Å². The van der Waals surface area contributed by atoms with Gasteiger partial charge in [-0.2, -0.15) is 0 Å². The first-order valence-corrected chi connectivity index (χ1v) is 6.49. The van der Waals surface area contributed by atoms with Crippen molar-refractivity contribution in [1.82, 2.24) is 15.0 Å². The zero-order valence-electron chi connectivity index (χ0n) is 11.5. The van der Waals surface area contributed by atoms with Crippen LogP contribution in [-0.4, -0.2) is 48.5 Å². The second-order valence-electron chi connectivity index (χ2n) is 4.66. The molecule has 0 amide bonds. The molecule has 1 aliphatic heterocycles. The minimum Gasteiger partial charge on any atom is -0.496 e. The Morgan fingerprint density at radius 1 is 1.25 bits per heavy atom. The number of aromatic nitrogens is 3. The minimum absolute atomic E-state index is 0.0159. The van der Waals surface area contributed by atoms with Gasteiger partial charge in [0.1, 0.15) is 23.6 Å². The monoisotopic (exact) mass is 275 g/mol. The Morgan fingerprint density at radius 2 is 2.10 bits per heavy atom. The maximum Gasteiger partial charge on any atom is 0.128 e. The molecule has 106 valence electrons. The SMILES string of the molecule is COc1ccccc1-c1cn([C@@H]2COC[C@H]2OC)nn1. The molecule has 20 heavy (non-hydrogen) atoms. The van der Waals surface area contributed by atoms with Crippen LogP contribution in [0.5, 0.6) is 5.75 Å². The molecule has 1 fully saturated rings. The van der Waals surface area contributed by atoms with Gasteiger partial charge in [-0.3, -0.25) is 0 Å². The Bertz CT molecular complexity index is 585. The topological polar surface area (TPSA) is 58.4 Å². The van der Waals surface area contributed by atoms with Gasteiger partial charge < -0.3 is 14.2 Å². The number of hydrogen-bond acceptors (Lipinski definition) is 5. The average Bonchev–Trinajstić information content (AvgIpc) is 3.15. The summed E-state index contributed by atoms with van der Waals surface area (Å²) in [4.78, 5) is 0. The summed E-state index contributed by atoms with van der Waals surface area (Å²) in [6.07, 6.45) is 1.92. The molecule has 0 radical (unpaired) electrons. The highest BCUT2D eigenvalue weighted by molar-refractivity contribution is 5.66. The second kappa shape index (κ2) is 5.60. The third kappa shape index (κ3) is 2.28. The predicted octanol–water partition coefficient (Wildman–Crippen LogP) is 1.54. The lowest BCUT2D eigenvalue weighted by atomic mass is 10.1. The standard InChI is InChI=1S/C14H17N3O3/c1-18-13-6-4-3-5-10(13)11-7-17(16-15-11)12-8-20-9-14(12)19-2/h3-7,12,14H,8-9H2,1-2H3/t12-,14-/m1/s1. The van der Waals surface area contributed by atoms with Gasteiger partial charge >= 0.3 is 0 Å². The molecule has 0 saturated carbocycles. The van der Waals surface area contributed by atoms with Crippen molar-refractivity contribution in [2.45, 2.75) is 12.1 Å². The number of hydrogen-bond donors (Lipinski definition) is 0. The van der Waals surface area contributed by atoms with Crippen LogP contribution >= 0.6 is 0 Å². The molecule has 2 heterocycles. The van der Waals surface area contributed by atoms with Crippen molar-refractivity contribution in [1.29, 1.82) is 0 Å². The molecular formula is C14H17N3O3. The predicted molar refractivity (Wildman–Crippen MR) is 72.7 cm³/mol. The summed E-state index contributed by atoms with van der Waals surface area (Å²) in [7, 11) is 3.33. The van der Waals surface area contributed by atoms with Gasteiger partial charge in [0.2, 0.25) is 0 Å². The van der Waals surface area contributed by atoms with E-state index in [2.05, 4.69) is 10.3 Å². The third-order valence-electron chi connectivity index (χ3n) is 3.54. The number of nitrogens with zero attached hydrogens (tertiary/aromatic N) is 3. The van der Waals surface area contributed by atoms with Crippen LogP contribution in [0.25, 0.3) is 11.3 Å². The van der Waals surface area contributed by atoms with Crippen molar-refractivity contribution >= 4 is 0 Å². The van der Waals surface area contributed by atoms with E-state index in [1.807, 2.05) is 35.1 Å². The Morgan fingerprint density at radius 3 is 2.90 bits per heavy atom. The molecule has 6 nitrogen and oxygen atoms in total. The molecule has 0 aliphatic carbocycles. The van der Waals surface area contributed by atoms with Crippen molar-refractivity contribution in [2.24, 2.45) is 0 Å². The van der Waals surface area contributed by atoms with Gasteiger partial charge in [-0.1, -0.05) is 17.3 Å². The Kier molecular flexibility index (Phi) is 3.66. The first-order chi connectivity index (χ1) is 9.83. The summed E-state index contributed by atoms with van der Waals surface area (Å²) in [5, 5.41) is 8.43. The Balaban J connectivity index is 1.90. The first-order valence-electron chi connectivity index (χ1n) is 6.49. The fraction of sp³-hybridized carbons (Fsp3) is 0.429. The van der Waals surface area contributed by atoms with Crippen molar-refractivity contribution in [3.63, 3.8) is 0 Å². The molecule has 1 aromatic carbocycles. The van der Waals surface area contributed by atoms with Gasteiger partial charge in [0.15, 0.2) is 0 Å². The maximum absolute atomic E-state index is 5.44. The van der Waals surface area contributed by atoms with Crippen LogP contribution in [0.4, 0.5) is 0 Å². The van der Waals surface area contributed by atoms with Crippen LogP contribution in [0.1, 0.15) is 6.04 Å². The summed E-state index contributed by atoms with van der Waals surface area (Å²) in [5.41, 5.74) is 1.71. The molecule has 2 atom stereocenters. The number of para-hydroxylation sites is 1. The lowest BCUT2D eigenvalue weighted by molar-refractivity contribution is 0.0661. The normalized spacial score (nSPS) is 22.1. The minimum atomic E-state index is 0.0159. The van der Waals surface area contributed by atoms with E-state index < -0.39 is 0 Å². The lowest BCUT2D eigenvalue weighted by Crippen LogP contribution is -2.24. The molecule has 1 aliphatic rings. The van der Waals surface area contributed by atoms with Crippen LogP contribution in [0.15, 0.2) is 30.5 Å². The van der Waals surface area contributed by atoms with Crippen molar-refractivity contribution in [3.05, 3.63) is 30.5 Å². The van der Waals surface area contributed by atoms with E-state index in [1.54, 1.807) is 14.2 Å². The molecule has 6 heteroatoms. The molecule has 0 spiro atoms. The number of rotatable bonds is 4. The van der Waals surface area contributed by atoms with Crippen LogP contribution in [-0.2, 0) is 9.47 Å². The first kappa shape index (κ1) is 13.1. The highest BCUT2D eigenvalue weighted by Gasteiger charge is 2.30. The van der Waals surface area contributed by atoms with Crippen molar-refractivity contribution < 1.29 is 14.2 Å². The van der Waals surface area contributed by atoms with Gasteiger partial charge in [-0.15, -0.1) is 5.10 Å². The summed E-state index contributed by atoms with van der Waals surface area (Å²) in [6.45, 7) is 1.18. The third-order valence-corrected chi connectivity index (χ3v) is 3.54. The Hall–Kier alpha value is -1.92. The fourth-order valence-corrected chi connectivity index (χ4v) is 2.41. The fourth-order valence-electron chi connectivity index (χ4n) is 2.41. The van der Waals surface area contributed by atoms with Gasteiger partial charge in [-0.05, 0) is 12.1 Å². The highest BCUT2D eigenvalue weighted by atomic mass is 16.5. The molecule has 0 N–H and O–H groups in total. The molecule has 0 unspecified atom stereocenters. The van der Waals surface area contributed by atoms with E-state index in [-0.39, 0.29) is 12.1 Å². The number of benzene rings is 1. The number of ether oxygens (including phenoxy) is 3. The van der Waals surface area contributed by atoms with Gasteiger partial charge in [0, 0.05) is 12.7 Å². The number of methoxy groups -OCH3 is 2. The molecule has 3 rings (SSSR count). The van der Waals surface area contributed by atoms with Crippen molar-refractivity contribution in [3.8, 4) is 17.0 Å². The maximum atomic E-state index is 5.44. The Labute approximate surface area is 117 Å². The van der Waals surface area contributed by atoms with Gasteiger partial charge in [-0.25, -0.2) is 4.68 Å². The van der Waals surface area contributed by atoms with Crippen LogP contribution in [0.2, 0.25) is 0 Å².